The highest BCUT2D eigenvalue weighted by Crippen LogP contribution is 2.31. The van der Waals surface area contributed by atoms with Crippen LogP contribution in [0.2, 0.25) is 0 Å². The maximum Gasteiger partial charge on any atom is 0.226 e. The summed E-state index contributed by atoms with van der Waals surface area (Å²) >= 11 is 0. The van der Waals surface area contributed by atoms with Crippen molar-refractivity contribution >= 4 is 12.0 Å². The normalized spacial score (nSPS) is 15.3. The van der Waals surface area contributed by atoms with Crippen LogP contribution in [0, 0.1) is 5.92 Å². The van der Waals surface area contributed by atoms with E-state index in [0.717, 1.165) is 12.8 Å². The summed E-state index contributed by atoms with van der Waals surface area (Å²) in [5.74, 6) is 0.625. The van der Waals surface area contributed by atoms with Gasteiger partial charge in [0.25, 0.3) is 0 Å². The molecule has 1 aliphatic rings. The molecule has 2 rings (SSSR count). The number of rotatable bonds is 5. The van der Waals surface area contributed by atoms with Crippen molar-refractivity contribution < 1.29 is 4.79 Å². The molecular formula is C16H21NO. The quantitative estimate of drug-likeness (QED) is 0.776. The van der Waals surface area contributed by atoms with Gasteiger partial charge in [-0.3, -0.25) is 4.79 Å². The van der Waals surface area contributed by atoms with Crippen LogP contribution in [0.25, 0.3) is 6.08 Å². The third-order valence-corrected chi connectivity index (χ3v) is 3.24. The average Bonchev–Trinajstić information content (AvgIpc) is 3.19. The van der Waals surface area contributed by atoms with Crippen LogP contribution in [0.5, 0.6) is 0 Å². The molecule has 96 valence electrons. The van der Waals surface area contributed by atoms with E-state index < -0.39 is 0 Å². The van der Waals surface area contributed by atoms with Crippen LogP contribution in [0.15, 0.2) is 36.4 Å². The molecule has 1 aromatic carbocycles. The molecule has 0 radical (unpaired) electrons. The van der Waals surface area contributed by atoms with Crippen molar-refractivity contribution in [3.63, 3.8) is 0 Å². The highest BCUT2D eigenvalue weighted by atomic mass is 16.2. The van der Waals surface area contributed by atoms with Crippen molar-refractivity contribution in [3.05, 3.63) is 42.0 Å². The van der Waals surface area contributed by atoms with E-state index in [0.29, 0.717) is 18.4 Å². The lowest BCUT2D eigenvalue weighted by molar-refractivity contribution is -0.133. The van der Waals surface area contributed by atoms with Gasteiger partial charge in [-0.1, -0.05) is 42.5 Å². The summed E-state index contributed by atoms with van der Waals surface area (Å²) in [5.41, 5.74) is 1.18. The van der Waals surface area contributed by atoms with Crippen molar-refractivity contribution in [1.82, 2.24) is 4.90 Å². The molecule has 1 amide bonds. The van der Waals surface area contributed by atoms with Gasteiger partial charge < -0.3 is 4.90 Å². The molecule has 0 saturated heterocycles. The first-order chi connectivity index (χ1) is 8.68. The predicted molar refractivity (Wildman–Crippen MR) is 75.0 cm³/mol. The van der Waals surface area contributed by atoms with E-state index in [1.165, 1.54) is 5.56 Å². The minimum atomic E-state index is 0.276. The van der Waals surface area contributed by atoms with E-state index in [2.05, 4.69) is 38.1 Å². The zero-order valence-electron chi connectivity index (χ0n) is 11.2. The van der Waals surface area contributed by atoms with E-state index in [4.69, 9.17) is 0 Å². The molecule has 1 aliphatic carbocycles. The fourth-order valence-corrected chi connectivity index (χ4v) is 1.99. The maximum absolute atomic E-state index is 12.1. The maximum atomic E-state index is 12.1. The Hall–Kier alpha value is -1.57. The first-order valence-corrected chi connectivity index (χ1v) is 6.70. The molecule has 1 saturated carbocycles. The van der Waals surface area contributed by atoms with Crippen molar-refractivity contribution in [2.75, 3.05) is 6.54 Å². The second kappa shape index (κ2) is 5.85. The molecule has 0 spiro atoms. The molecule has 0 aliphatic heterocycles. The molecule has 0 N–H and O–H groups in total. The number of amides is 1. The zero-order valence-corrected chi connectivity index (χ0v) is 11.2. The van der Waals surface area contributed by atoms with Gasteiger partial charge in [-0.15, -0.1) is 0 Å². The largest absolute Gasteiger partial charge is 0.336 e. The Kier molecular flexibility index (Phi) is 4.19. The molecule has 18 heavy (non-hydrogen) atoms. The number of hydrogen-bond donors (Lipinski definition) is 0. The summed E-state index contributed by atoms with van der Waals surface area (Å²) in [4.78, 5) is 14.1. The molecule has 2 nitrogen and oxygen atoms in total. The first kappa shape index (κ1) is 12.9. The lowest BCUT2D eigenvalue weighted by Crippen LogP contribution is -2.38. The zero-order chi connectivity index (χ0) is 13.0. The summed E-state index contributed by atoms with van der Waals surface area (Å²) in [7, 11) is 0. The lowest BCUT2D eigenvalue weighted by atomic mass is 10.2. The van der Waals surface area contributed by atoms with Crippen molar-refractivity contribution in [2.24, 2.45) is 5.92 Å². The highest BCUT2D eigenvalue weighted by Gasteiger charge is 2.33. The van der Waals surface area contributed by atoms with Gasteiger partial charge in [0.15, 0.2) is 0 Å². The molecule has 0 atom stereocenters. The van der Waals surface area contributed by atoms with Crippen molar-refractivity contribution in [2.45, 2.75) is 32.7 Å². The fourth-order valence-electron chi connectivity index (χ4n) is 1.99. The molecule has 0 heterocycles. The third kappa shape index (κ3) is 3.46. The van der Waals surface area contributed by atoms with E-state index in [1.54, 1.807) is 0 Å². The van der Waals surface area contributed by atoms with Crippen LogP contribution in [-0.2, 0) is 4.79 Å². The topological polar surface area (TPSA) is 20.3 Å². The van der Waals surface area contributed by atoms with Gasteiger partial charge in [-0.25, -0.2) is 0 Å². The van der Waals surface area contributed by atoms with Gasteiger partial charge in [0.1, 0.15) is 0 Å². The molecule has 0 bridgehead atoms. The van der Waals surface area contributed by atoms with Gasteiger partial charge in [-0.05, 0) is 32.3 Å². The molecule has 0 aromatic heterocycles. The summed E-state index contributed by atoms with van der Waals surface area (Å²) < 4.78 is 0. The number of nitrogens with zero attached hydrogens (tertiary/aromatic N) is 1. The van der Waals surface area contributed by atoms with E-state index in [-0.39, 0.29) is 6.04 Å². The summed E-state index contributed by atoms with van der Waals surface area (Å²) in [6.07, 6.45) is 6.31. The molecular weight excluding hydrogens is 222 g/mol. The Morgan fingerprint density at radius 1 is 1.33 bits per heavy atom. The van der Waals surface area contributed by atoms with Crippen LogP contribution in [0.3, 0.4) is 0 Å². The van der Waals surface area contributed by atoms with Crippen LogP contribution in [0.4, 0.5) is 0 Å². The minimum Gasteiger partial charge on any atom is -0.336 e. The van der Waals surface area contributed by atoms with Crippen molar-refractivity contribution in [3.8, 4) is 0 Å². The third-order valence-electron chi connectivity index (χ3n) is 3.24. The standard InChI is InChI=1S/C16H21NO/c1-13(2)17(16(18)15-10-11-15)12-6-9-14-7-4-3-5-8-14/h3-9,13,15H,10-12H2,1-2H3/b9-6+. The minimum absolute atomic E-state index is 0.276. The Morgan fingerprint density at radius 2 is 2.00 bits per heavy atom. The first-order valence-electron chi connectivity index (χ1n) is 6.70. The Bertz CT molecular complexity index is 418. The summed E-state index contributed by atoms with van der Waals surface area (Å²) in [5, 5.41) is 0. The second-order valence-electron chi connectivity index (χ2n) is 5.17. The summed E-state index contributed by atoms with van der Waals surface area (Å²) in [6.45, 7) is 4.87. The highest BCUT2D eigenvalue weighted by molar-refractivity contribution is 5.81. The average molecular weight is 243 g/mol. The van der Waals surface area contributed by atoms with E-state index in [1.807, 2.05) is 23.1 Å². The lowest BCUT2D eigenvalue weighted by Gasteiger charge is -2.25. The predicted octanol–water partition coefficient (Wildman–Crippen LogP) is 3.35. The van der Waals surface area contributed by atoms with E-state index in [9.17, 15) is 4.79 Å². The van der Waals surface area contributed by atoms with Gasteiger partial charge in [0.05, 0.1) is 0 Å². The van der Waals surface area contributed by atoms with Crippen LogP contribution in [0.1, 0.15) is 32.3 Å². The number of carbonyl (C=O) groups is 1. The fraction of sp³-hybridized carbons (Fsp3) is 0.438. The van der Waals surface area contributed by atoms with E-state index >= 15 is 0 Å². The second-order valence-corrected chi connectivity index (χ2v) is 5.17. The van der Waals surface area contributed by atoms with Gasteiger partial charge in [0, 0.05) is 18.5 Å². The van der Waals surface area contributed by atoms with Crippen LogP contribution >= 0.6 is 0 Å². The Balaban J connectivity index is 1.93. The number of benzene rings is 1. The van der Waals surface area contributed by atoms with Crippen LogP contribution in [-0.4, -0.2) is 23.4 Å². The monoisotopic (exact) mass is 243 g/mol. The SMILES string of the molecule is CC(C)N(C/C=C/c1ccccc1)C(=O)C1CC1. The van der Waals surface area contributed by atoms with Gasteiger partial charge in [-0.2, -0.15) is 0 Å². The Morgan fingerprint density at radius 3 is 2.56 bits per heavy atom. The van der Waals surface area contributed by atoms with Gasteiger partial charge in [0.2, 0.25) is 5.91 Å². The molecule has 1 fully saturated rings. The smallest absolute Gasteiger partial charge is 0.226 e. The molecule has 2 heteroatoms. The number of hydrogen-bond acceptors (Lipinski definition) is 1. The van der Waals surface area contributed by atoms with Gasteiger partial charge >= 0.3 is 0 Å². The van der Waals surface area contributed by atoms with Crippen LogP contribution < -0.4 is 0 Å². The summed E-state index contributed by atoms with van der Waals surface area (Å²) in [6, 6.07) is 10.5. The molecule has 1 aromatic rings. The molecule has 0 unspecified atom stereocenters. The number of carbonyl (C=O) groups excluding carboxylic acids is 1. The Labute approximate surface area is 109 Å². The van der Waals surface area contributed by atoms with Crippen molar-refractivity contribution in [1.29, 1.82) is 0 Å².